The zero-order chi connectivity index (χ0) is 15.2. The number of hydrogen-bond acceptors (Lipinski definition) is 2. The molecule has 0 bridgehead atoms. The van der Waals surface area contributed by atoms with Gasteiger partial charge in [-0.15, -0.1) is 11.8 Å². The first-order chi connectivity index (χ1) is 10.8. The van der Waals surface area contributed by atoms with Gasteiger partial charge in [0.2, 0.25) is 0 Å². The number of piperidine rings is 1. The largest absolute Gasteiger partial charge is 0.339 e. The highest BCUT2D eigenvalue weighted by Gasteiger charge is 2.20. The molecule has 1 aliphatic heterocycles. The molecule has 0 unspecified atom stereocenters. The van der Waals surface area contributed by atoms with Crippen molar-refractivity contribution in [2.75, 3.05) is 13.1 Å². The Kier molecular flexibility index (Phi) is 5.17. The van der Waals surface area contributed by atoms with Gasteiger partial charge in [0.05, 0.1) is 5.56 Å². The first-order valence-electron chi connectivity index (χ1n) is 7.89. The lowest BCUT2D eigenvalue weighted by molar-refractivity contribution is 0.0721. The van der Waals surface area contributed by atoms with E-state index >= 15 is 0 Å². The van der Waals surface area contributed by atoms with Gasteiger partial charge < -0.3 is 4.90 Å². The summed E-state index contributed by atoms with van der Waals surface area (Å²) in [5.74, 6) is 1.08. The SMILES string of the molecule is O=C(c1ccccc1SCc1ccccc1)N1CCCCC1. The Morgan fingerprint density at radius 3 is 2.36 bits per heavy atom. The van der Waals surface area contributed by atoms with Gasteiger partial charge in [0.15, 0.2) is 0 Å². The standard InChI is InChI=1S/C19H21NOS/c21-19(20-13-7-2-8-14-20)17-11-5-6-12-18(17)22-15-16-9-3-1-4-10-16/h1,3-6,9-12H,2,7-8,13-15H2. The third kappa shape index (κ3) is 3.72. The lowest BCUT2D eigenvalue weighted by Crippen LogP contribution is -2.35. The minimum atomic E-state index is 0.191. The molecular formula is C19H21NOS. The fourth-order valence-corrected chi connectivity index (χ4v) is 3.77. The predicted octanol–water partition coefficient (Wildman–Crippen LogP) is 4.61. The monoisotopic (exact) mass is 311 g/mol. The average molecular weight is 311 g/mol. The van der Waals surface area contributed by atoms with Crippen molar-refractivity contribution < 1.29 is 4.79 Å². The number of nitrogens with zero attached hydrogens (tertiary/aromatic N) is 1. The topological polar surface area (TPSA) is 20.3 Å². The Balaban J connectivity index is 1.73. The van der Waals surface area contributed by atoms with Crippen LogP contribution in [0.5, 0.6) is 0 Å². The summed E-state index contributed by atoms with van der Waals surface area (Å²) in [5.41, 5.74) is 2.14. The zero-order valence-corrected chi connectivity index (χ0v) is 13.5. The summed E-state index contributed by atoms with van der Waals surface area (Å²) in [6.45, 7) is 1.80. The highest BCUT2D eigenvalue weighted by molar-refractivity contribution is 7.98. The van der Waals surface area contributed by atoms with Crippen molar-refractivity contribution in [1.29, 1.82) is 0 Å². The number of carbonyl (C=O) groups excluding carboxylic acids is 1. The molecule has 2 nitrogen and oxygen atoms in total. The molecule has 0 spiro atoms. The quantitative estimate of drug-likeness (QED) is 0.769. The van der Waals surface area contributed by atoms with E-state index in [0.717, 1.165) is 42.1 Å². The van der Waals surface area contributed by atoms with Crippen molar-refractivity contribution in [2.45, 2.75) is 29.9 Å². The maximum Gasteiger partial charge on any atom is 0.254 e. The number of rotatable bonds is 4. The Bertz CT molecular complexity index is 620. The van der Waals surface area contributed by atoms with Crippen LogP contribution in [0.4, 0.5) is 0 Å². The molecule has 22 heavy (non-hydrogen) atoms. The molecule has 3 heteroatoms. The van der Waals surface area contributed by atoms with E-state index < -0.39 is 0 Å². The van der Waals surface area contributed by atoms with Crippen molar-refractivity contribution in [3.05, 3.63) is 65.7 Å². The van der Waals surface area contributed by atoms with Gasteiger partial charge in [0.25, 0.3) is 5.91 Å². The van der Waals surface area contributed by atoms with Gasteiger partial charge >= 0.3 is 0 Å². The van der Waals surface area contributed by atoms with E-state index in [0.29, 0.717) is 0 Å². The van der Waals surface area contributed by atoms with E-state index in [1.165, 1.54) is 12.0 Å². The zero-order valence-electron chi connectivity index (χ0n) is 12.7. The lowest BCUT2D eigenvalue weighted by Gasteiger charge is -2.27. The molecule has 1 amide bonds. The third-order valence-corrected chi connectivity index (χ3v) is 5.14. The minimum Gasteiger partial charge on any atom is -0.339 e. The summed E-state index contributed by atoms with van der Waals surface area (Å²) >= 11 is 1.74. The molecule has 114 valence electrons. The first-order valence-corrected chi connectivity index (χ1v) is 8.88. The van der Waals surface area contributed by atoms with Crippen LogP contribution in [0.3, 0.4) is 0 Å². The van der Waals surface area contributed by atoms with E-state index in [9.17, 15) is 4.79 Å². The normalized spacial score (nSPS) is 14.8. The molecule has 0 aliphatic carbocycles. The van der Waals surface area contributed by atoms with Gasteiger partial charge in [0.1, 0.15) is 0 Å². The molecule has 1 fully saturated rings. The number of thioether (sulfide) groups is 1. The Hall–Kier alpha value is -1.74. The van der Waals surface area contributed by atoms with E-state index in [1.807, 2.05) is 29.2 Å². The van der Waals surface area contributed by atoms with Crippen molar-refractivity contribution >= 4 is 17.7 Å². The molecule has 3 rings (SSSR count). The molecule has 1 aliphatic rings. The number of amides is 1. The van der Waals surface area contributed by atoms with Crippen molar-refractivity contribution in [3.63, 3.8) is 0 Å². The smallest absolute Gasteiger partial charge is 0.254 e. The fraction of sp³-hybridized carbons (Fsp3) is 0.316. The second-order valence-corrected chi connectivity index (χ2v) is 6.64. The van der Waals surface area contributed by atoms with Gasteiger partial charge in [-0.3, -0.25) is 4.79 Å². The first kappa shape index (κ1) is 15.2. The van der Waals surface area contributed by atoms with E-state index in [1.54, 1.807) is 11.8 Å². The van der Waals surface area contributed by atoms with Crippen molar-refractivity contribution in [1.82, 2.24) is 4.90 Å². The van der Waals surface area contributed by atoms with Crippen LogP contribution in [0.2, 0.25) is 0 Å². The van der Waals surface area contributed by atoms with Gasteiger partial charge in [-0.05, 0) is 37.0 Å². The Morgan fingerprint density at radius 1 is 0.909 bits per heavy atom. The maximum atomic E-state index is 12.7. The second kappa shape index (κ2) is 7.50. The molecular weight excluding hydrogens is 290 g/mol. The summed E-state index contributed by atoms with van der Waals surface area (Å²) in [5, 5.41) is 0. The van der Waals surface area contributed by atoms with Crippen LogP contribution in [0, 0.1) is 0 Å². The predicted molar refractivity (Wildman–Crippen MR) is 92.2 cm³/mol. The van der Waals surface area contributed by atoms with Gasteiger partial charge in [-0.25, -0.2) is 0 Å². The Morgan fingerprint density at radius 2 is 1.59 bits per heavy atom. The highest BCUT2D eigenvalue weighted by atomic mass is 32.2. The maximum absolute atomic E-state index is 12.7. The number of carbonyl (C=O) groups is 1. The molecule has 1 saturated heterocycles. The Labute approximate surface area is 136 Å². The molecule has 2 aromatic carbocycles. The number of benzene rings is 2. The fourth-order valence-electron chi connectivity index (χ4n) is 2.77. The highest BCUT2D eigenvalue weighted by Crippen LogP contribution is 2.27. The summed E-state index contributed by atoms with van der Waals surface area (Å²) in [6.07, 6.45) is 3.50. The van der Waals surface area contributed by atoms with Crippen LogP contribution in [0.25, 0.3) is 0 Å². The van der Waals surface area contributed by atoms with Crippen LogP contribution >= 0.6 is 11.8 Å². The summed E-state index contributed by atoms with van der Waals surface area (Å²) in [6, 6.07) is 18.4. The third-order valence-electron chi connectivity index (χ3n) is 4.00. The van der Waals surface area contributed by atoms with E-state index in [-0.39, 0.29) is 5.91 Å². The lowest BCUT2D eigenvalue weighted by atomic mass is 10.1. The molecule has 0 radical (unpaired) electrons. The molecule has 0 saturated carbocycles. The molecule has 0 N–H and O–H groups in total. The molecule has 1 heterocycles. The number of hydrogen-bond donors (Lipinski definition) is 0. The molecule has 0 aromatic heterocycles. The van der Waals surface area contributed by atoms with E-state index in [2.05, 4.69) is 30.3 Å². The van der Waals surface area contributed by atoms with Gasteiger partial charge in [-0.2, -0.15) is 0 Å². The van der Waals surface area contributed by atoms with Crippen molar-refractivity contribution in [2.24, 2.45) is 0 Å². The average Bonchev–Trinajstić information content (AvgIpc) is 2.61. The summed E-state index contributed by atoms with van der Waals surface area (Å²) in [7, 11) is 0. The van der Waals surface area contributed by atoms with E-state index in [4.69, 9.17) is 0 Å². The number of likely N-dealkylation sites (tertiary alicyclic amines) is 1. The molecule has 2 aromatic rings. The van der Waals surface area contributed by atoms with Gasteiger partial charge in [0, 0.05) is 23.7 Å². The van der Waals surface area contributed by atoms with Crippen molar-refractivity contribution in [3.8, 4) is 0 Å². The summed E-state index contributed by atoms with van der Waals surface area (Å²) < 4.78 is 0. The van der Waals surface area contributed by atoms with Crippen LogP contribution in [-0.2, 0) is 5.75 Å². The van der Waals surface area contributed by atoms with Crippen LogP contribution in [0.15, 0.2) is 59.5 Å². The van der Waals surface area contributed by atoms with Crippen LogP contribution in [-0.4, -0.2) is 23.9 Å². The molecule has 0 atom stereocenters. The van der Waals surface area contributed by atoms with Crippen LogP contribution in [0.1, 0.15) is 35.2 Å². The minimum absolute atomic E-state index is 0.191. The summed E-state index contributed by atoms with van der Waals surface area (Å²) in [4.78, 5) is 15.8. The second-order valence-electron chi connectivity index (χ2n) is 5.62. The van der Waals surface area contributed by atoms with Gasteiger partial charge in [-0.1, -0.05) is 42.5 Å². The van der Waals surface area contributed by atoms with Crippen LogP contribution < -0.4 is 0 Å².